The Morgan fingerprint density at radius 1 is 0.427 bits per heavy atom. The van der Waals surface area contributed by atoms with Gasteiger partial charge < -0.3 is 46.9 Å². The molecular formula is C79H81N15O9. The third-order valence-electron chi connectivity index (χ3n) is 20.0. The minimum atomic E-state index is -0.487. The van der Waals surface area contributed by atoms with Crippen LogP contribution in [0.1, 0.15) is 182 Å². The summed E-state index contributed by atoms with van der Waals surface area (Å²) in [5.74, 6) is -1.18. The van der Waals surface area contributed by atoms with Gasteiger partial charge in [-0.05, 0) is 181 Å². The Hall–Kier alpha value is -11.3. The molecule has 4 saturated carbocycles. The average Bonchev–Trinajstić information content (AvgIpc) is 1.67. The van der Waals surface area contributed by atoms with E-state index in [-0.39, 0.29) is 65.4 Å². The number of pyridine rings is 6. The monoisotopic (exact) mass is 1380 g/mol. The van der Waals surface area contributed by atoms with Crippen LogP contribution in [-0.2, 0) is 0 Å². The first kappa shape index (κ1) is 68.8. The number of aromatic nitrogens is 12. The zero-order valence-electron chi connectivity index (χ0n) is 57.5. The lowest BCUT2D eigenvalue weighted by Gasteiger charge is -2.25. The Balaban J connectivity index is 0.000000131. The van der Waals surface area contributed by atoms with E-state index in [0.29, 0.717) is 60.7 Å². The second-order valence-corrected chi connectivity index (χ2v) is 27.6. The van der Waals surface area contributed by atoms with Gasteiger partial charge in [-0.25, -0.2) is 0 Å². The Morgan fingerprint density at radius 3 is 1.13 bits per heavy atom. The number of aliphatic hydroxyl groups excluding tert-OH is 3. The summed E-state index contributed by atoms with van der Waals surface area (Å²) in [5, 5.41) is 93.5. The van der Waals surface area contributed by atoms with E-state index in [1.165, 1.54) is 12.1 Å². The van der Waals surface area contributed by atoms with Crippen molar-refractivity contribution in [3.63, 3.8) is 0 Å². The smallest absolute Gasteiger partial charge is 0.321 e. The molecule has 24 nitrogen and oxygen atoms in total. The molecule has 0 radical (unpaired) electrons. The van der Waals surface area contributed by atoms with Gasteiger partial charge in [0.15, 0.2) is 17.1 Å². The molecule has 4 aliphatic rings. The van der Waals surface area contributed by atoms with Gasteiger partial charge in [0.1, 0.15) is 0 Å². The summed E-state index contributed by atoms with van der Waals surface area (Å²) in [6, 6.07) is 44.0. The van der Waals surface area contributed by atoms with Crippen molar-refractivity contribution in [2.24, 2.45) is 0 Å². The number of carbonyl (C=O) groups is 3. The quantitative estimate of drug-likeness (QED) is 0.0435. The molecule has 9 aromatic heterocycles. The lowest BCUT2D eigenvalue weighted by Crippen LogP contribution is -2.41. The van der Waals surface area contributed by atoms with Crippen LogP contribution in [0.15, 0.2) is 183 Å². The van der Waals surface area contributed by atoms with E-state index in [9.17, 15) is 45.3 Å². The van der Waals surface area contributed by atoms with Crippen molar-refractivity contribution in [1.29, 1.82) is 0 Å². The Morgan fingerprint density at radius 2 is 0.777 bits per heavy atom. The molecule has 4 fully saturated rings. The highest BCUT2D eigenvalue weighted by Gasteiger charge is 2.34. The van der Waals surface area contributed by atoms with E-state index in [4.69, 9.17) is 15.3 Å². The second kappa shape index (κ2) is 30.1. The molecular weight excluding hydrogens is 1300 g/mol. The first-order chi connectivity index (χ1) is 50.0. The number of hydrogen-bond acceptors (Lipinski definition) is 15. The van der Waals surface area contributed by atoms with Gasteiger partial charge in [0, 0.05) is 125 Å². The van der Waals surface area contributed by atoms with Gasteiger partial charge in [0.25, 0.3) is 17.1 Å². The number of nitrogens with one attached hydrogen (secondary N) is 3. The van der Waals surface area contributed by atoms with Gasteiger partial charge in [-0.15, -0.1) is 0 Å². The van der Waals surface area contributed by atoms with Crippen LogP contribution in [0.3, 0.4) is 0 Å². The van der Waals surface area contributed by atoms with Crippen molar-refractivity contribution in [2.75, 3.05) is 16.0 Å². The number of nitrogens with zero attached hydrogens (tertiary/aromatic N) is 12. The molecule has 24 heteroatoms. The summed E-state index contributed by atoms with van der Waals surface area (Å²) < 4.78 is 8.02. The van der Waals surface area contributed by atoms with E-state index in [0.717, 1.165) is 144 Å². The fourth-order valence-electron chi connectivity index (χ4n) is 14.1. The maximum absolute atomic E-state index is 13.2. The molecule has 12 aromatic rings. The lowest BCUT2D eigenvalue weighted by molar-refractivity contribution is -0.617. The lowest BCUT2D eigenvalue weighted by atomic mass is 9.93. The molecule has 0 unspecified atom stereocenters. The van der Waals surface area contributed by atoms with Crippen LogP contribution in [0, 0.1) is 22.5 Å². The van der Waals surface area contributed by atoms with Gasteiger partial charge in [-0.1, -0.05) is 32.0 Å². The maximum Gasteiger partial charge on any atom is 0.321 e. The molecule has 0 saturated heterocycles. The predicted molar refractivity (Wildman–Crippen MR) is 390 cm³/mol. The number of amides is 3. The molecule has 3 amide bonds. The van der Waals surface area contributed by atoms with Crippen molar-refractivity contribution in [3.8, 4) is 33.8 Å². The Bertz CT molecular complexity index is 4850. The number of aliphatic hydroxyl groups is 3. The summed E-state index contributed by atoms with van der Waals surface area (Å²) in [6.45, 7) is 5.50. The molecule has 3 aromatic carbocycles. The Kier molecular flexibility index (Phi) is 20.1. The molecule has 103 heavy (non-hydrogen) atoms. The van der Waals surface area contributed by atoms with E-state index in [1.54, 1.807) is 68.0 Å². The van der Waals surface area contributed by atoms with Gasteiger partial charge in [-0.3, -0.25) is 43.4 Å². The van der Waals surface area contributed by atoms with Gasteiger partial charge in [-0.2, -0.15) is 29.5 Å². The number of anilines is 3. The zero-order chi connectivity index (χ0) is 71.4. The molecule has 0 bridgehead atoms. The first-order valence-electron chi connectivity index (χ1n) is 35.4. The van der Waals surface area contributed by atoms with Crippen molar-refractivity contribution in [2.45, 2.75) is 159 Å². The molecule has 0 aliphatic heterocycles. The van der Waals surface area contributed by atoms with Gasteiger partial charge in [0.2, 0.25) is 0 Å². The molecule has 16 rings (SSSR count). The largest absolute Gasteiger partial charge is 0.618 e. The van der Waals surface area contributed by atoms with Crippen molar-refractivity contribution in [3.05, 3.63) is 233 Å². The number of benzene rings is 3. The third kappa shape index (κ3) is 15.3. The van der Waals surface area contributed by atoms with Gasteiger partial charge >= 0.3 is 17.7 Å². The van der Waals surface area contributed by atoms with Crippen molar-refractivity contribution < 1.29 is 43.9 Å². The highest BCUT2D eigenvalue weighted by atomic mass is 16.5. The first-order valence-corrected chi connectivity index (χ1v) is 35.4. The molecule has 0 spiro atoms. The number of aryl methyl sites for hydroxylation is 1. The maximum atomic E-state index is 13.2. The van der Waals surface area contributed by atoms with Crippen LogP contribution < -0.4 is 30.1 Å². The molecule has 526 valence electrons. The van der Waals surface area contributed by atoms with E-state index in [2.05, 4.69) is 30.9 Å². The topological polar surface area (TPSA) is 321 Å². The average molecular weight is 1380 g/mol. The highest BCUT2D eigenvalue weighted by molar-refractivity contribution is 6.08. The van der Waals surface area contributed by atoms with E-state index < -0.39 is 17.7 Å². The number of hydrogen-bond donors (Lipinski definition) is 6. The van der Waals surface area contributed by atoms with Crippen molar-refractivity contribution >= 4 is 67.5 Å². The zero-order valence-corrected chi connectivity index (χ0v) is 57.5. The SMILES string of the molecule is CC(C)c1cccc(C(=O)Nc2cc3cn(C4CCC(O)CC4)nc3cc2-c2ccccn2)[n+]1[O-].Cc1cccc(C(=O)Nc2cc3cn(C4CCC(O)CC4)nc3cc2-c2ccccn2)[n+]1[O-].O=C(Nc1cc2cn(C3CCC(O)CC3)nc2cc1-c1ccccn1)c1cccc(C2CC2)[n+]1[O-]. The van der Waals surface area contributed by atoms with Crippen LogP contribution in [0.2, 0.25) is 0 Å². The molecule has 9 heterocycles. The summed E-state index contributed by atoms with van der Waals surface area (Å²) in [6.07, 6.45) is 22.3. The number of fused-ring (bicyclic) bond motifs is 3. The van der Waals surface area contributed by atoms with Crippen LogP contribution >= 0.6 is 0 Å². The predicted octanol–water partition coefficient (Wildman–Crippen LogP) is 12.7. The van der Waals surface area contributed by atoms with Crippen LogP contribution in [-0.4, -0.2) is 95.6 Å². The number of rotatable bonds is 14. The third-order valence-corrected chi connectivity index (χ3v) is 20.0. The minimum absolute atomic E-state index is 0.00702. The molecule has 4 aliphatic carbocycles. The van der Waals surface area contributed by atoms with Crippen molar-refractivity contribution in [1.82, 2.24) is 44.3 Å². The van der Waals surface area contributed by atoms with Crippen LogP contribution in [0.25, 0.3) is 66.5 Å². The summed E-state index contributed by atoms with van der Waals surface area (Å²) >= 11 is 0. The fraction of sp³-hybridized carbons (Fsp3) is 0.316. The minimum Gasteiger partial charge on any atom is -0.618 e. The number of carbonyl (C=O) groups excluding carboxylic acids is 3. The van der Waals surface area contributed by atoms with E-state index >= 15 is 0 Å². The fourth-order valence-corrected chi connectivity index (χ4v) is 14.1. The van der Waals surface area contributed by atoms with Crippen LogP contribution in [0.4, 0.5) is 17.1 Å². The second-order valence-electron chi connectivity index (χ2n) is 27.6. The molecule has 6 N–H and O–H groups in total. The Labute approximate surface area is 594 Å². The summed E-state index contributed by atoms with van der Waals surface area (Å²) in [7, 11) is 0. The summed E-state index contributed by atoms with van der Waals surface area (Å²) in [5.41, 5.74) is 10.2. The summed E-state index contributed by atoms with van der Waals surface area (Å²) in [4.78, 5) is 52.9. The van der Waals surface area contributed by atoms with Crippen LogP contribution in [0.5, 0.6) is 0 Å². The van der Waals surface area contributed by atoms with E-state index in [1.807, 2.05) is 137 Å². The normalized spacial score (nSPS) is 18.9. The highest BCUT2D eigenvalue weighted by Crippen LogP contribution is 2.40. The standard InChI is InChI=1S/C27H27N5O3.C27H29N5O3.C25H25N5O3/c33-20-11-9-19(10-12-20)31-16-18-14-24(21(15-23(18)30-31)22-4-1-2-13-28-22)29-27(34)26-6-3-5-25(32(26)35)17-7-8-17;1-17(2)25-7-5-8-26(32(25)35)27(34)29-24-14-18-16-31(19-9-11-20(33)12-10-19)30-23(18)15-21(24)22-6-3-4-13-28-22;1-16-5-4-7-24(30(16)33)25(32)27-23-13-17-15-29(18-8-10-19(31)11-9-18)28-22(17)14-20(23)21-6-2-3-12-26-21/h1-6,13-17,19-20,33H,7-12H2,(H,29,34);3-8,13-17,19-20,33H,9-12H2,1-2H3,(H,29,34);2-7,12-15,18-19,31H,8-11H2,1H3,(H,27,32). The van der Waals surface area contributed by atoms with Gasteiger partial charge in [0.05, 0.1) is 87.1 Å². The molecule has 0 atom stereocenters.